The molecule has 0 fully saturated rings. The molecule has 0 unspecified atom stereocenters. The molecule has 0 spiro atoms. The Bertz CT molecular complexity index is 1790. The highest BCUT2D eigenvalue weighted by molar-refractivity contribution is 7.25. The Morgan fingerprint density at radius 3 is 2.77 bits per heavy atom. The zero-order valence-corrected chi connectivity index (χ0v) is 19.2. The van der Waals surface area contributed by atoms with Crippen LogP contribution in [0.25, 0.3) is 20.3 Å². The van der Waals surface area contributed by atoms with E-state index in [0.717, 1.165) is 33.2 Å². The number of carbonyl (C=O) groups is 1. The van der Waals surface area contributed by atoms with Gasteiger partial charge in [0.2, 0.25) is 5.82 Å². The lowest BCUT2D eigenvalue weighted by Crippen LogP contribution is -2.44. The number of nitrogens with one attached hydrogen (secondary N) is 2. The van der Waals surface area contributed by atoms with Crippen LogP contribution in [0.5, 0.6) is 0 Å². The SMILES string of the molecule is Nc1c(N2CCc3ccc(CNC(=O)c4nc5sc6ccccc6c5c(=O)[nH]4)cc3C2)c(=O)c1=O. The van der Waals surface area contributed by atoms with Crippen molar-refractivity contribution >= 4 is 48.9 Å². The lowest BCUT2D eigenvalue weighted by Gasteiger charge is -2.32. The molecule has 1 aliphatic rings. The number of nitrogens with two attached hydrogens (primary N) is 1. The average Bonchev–Trinajstić information content (AvgIpc) is 3.26. The number of benzene rings is 2. The number of nitrogen functional groups attached to an aromatic ring is 1. The smallest absolute Gasteiger partial charge is 0.287 e. The van der Waals surface area contributed by atoms with E-state index in [-0.39, 0.29) is 23.6 Å². The number of thiophene rings is 1. The maximum absolute atomic E-state index is 12.8. The number of H-pyrrole nitrogens is 1. The zero-order chi connectivity index (χ0) is 24.3. The highest BCUT2D eigenvalue weighted by atomic mass is 32.1. The van der Waals surface area contributed by atoms with Crippen molar-refractivity contribution in [1.82, 2.24) is 15.3 Å². The normalized spacial score (nSPS) is 13.4. The quantitative estimate of drug-likeness (QED) is 0.330. The average molecular weight is 486 g/mol. The van der Waals surface area contributed by atoms with Gasteiger partial charge >= 0.3 is 0 Å². The van der Waals surface area contributed by atoms with Crippen LogP contribution in [0.3, 0.4) is 0 Å². The number of rotatable bonds is 4. The minimum absolute atomic E-state index is 0.0268. The number of hydrogen-bond donors (Lipinski definition) is 3. The first-order chi connectivity index (χ1) is 16.9. The van der Waals surface area contributed by atoms with E-state index < -0.39 is 16.8 Å². The van der Waals surface area contributed by atoms with Crippen molar-refractivity contribution in [3.05, 3.63) is 95.8 Å². The molecule has 6 rings (SSSR count). The molecule has 9 nitrogen and oxygen atoms in total. The maximum atomic E-state index is 12.8. The topological polar surface area (TPSA) is 138 Å². The molecular formula is C25H19N5O4S. The largest absolute Gasteiger partial charge is 0.394 e. The third kappa shape index (κ3) is 3.41. The molecular weight excluding hydrogens is 466 g/mol. The first kappa shape index (κ1) is 21.2. The van der Waals surface area contributed by atoms with Crippen molar-refractivity contribution in [3.63, 3.8) is 0 Å². The van der Waals surface area contributed by atoms with Gasteiger partial charge in [-0.1, -0.05) is 36.4 Å². The number of hydrogen-bond acceptors (Lipinski definition) is 8. The van der Waals surface area contributed by atoms with E-state index in [0.29, 0.717) is 29.0 Å². The predicted molar refractivity (Wildman–Crippen MR) is 136 cm³/mol. The highest BCUT2D eigenvalue weighted by Crippen LogP contribution is 2.30. The number of nitrogens with zero attached hydrogens (tertiary/aromatic N) is 2. The second-order valence-electron chi connectivity index (χ2n) is 8.57. The number of carbonyl (C=O) groups excluding carboxylic acids is 1. The van der Waals surface area contributed by atoms with Crippen LogP contribution in [-0.4, -0.2) is 22.4 Å². The molecule has 0 aliphatic carbocycles. The fourth-order valence-corrected chi connectivity index (χ4v) is 5.70. The van der Waals surface area contributed by atoms with E-state index in [4.69, 9.17) is 5.73 Å². The van der Waals surface area contributed by atoms with Gasteiger partial charge in [0, 0.05) is 29.7 Å². The third-order valence-electron chi connectivity index (χ3n) is 6.44. The van der Waals surface area contributed by atoms with Crippen LogP contribution in [0.15, 0.2) is 56.8 Å². The summed E-state index contributed by atoms with van der Waals surface area (Å²) in [7, 11) is 0. The molecule has 0 atom stereocenters. The molecule has 1 amide bonds. The summed E-state index contributed by atoms with van der Waals surface area (Å²) in [5.41, 5.74) is 7.57. The van der Waals surface area contributed by atoms with Crippen LogP contribution in [0.1, 0.15) is 27.3 Å². The van der Waals surface area contributed by atoms with E-state index in [1.165, 1.54) is 11.3 Å². The molecule has 1 aliphatic heterocycles. The van der Waals surface area contributed by atoms with E-state index in [9.17, 15) is 19.2 Å². The predicted octanol–water partition coefficient (Wildman–Crippen LogP) is 1.81. The molecule has 174 valence electrons. The number of aromatic nitrogens is 2. The lowest BCUT2D eigenvalue weighted by molar-refractivity contribution is 0.0940. The van der Waals surface area contributed by atoms with Gasteiger partial charge in [-0.05, 0) is 29.2 Å². The Hall–Kier alpha value is -4.31. The van der Waals surface area contributed by atoms with Crippen LogP contribution < -0.4 is 32.4 Å². The van der Waals surface area contributed by atoms with Crippen molar-refractivity contribution in [2.75, 3.05) is 17.2 Å². The highest BCUT2D eigenvalue weighted by Gasteiger charge is 2.27. The summed E-state index contributed by atoms with van der Waals surface area (Å²) in [4.78, 5) is 58.2. The molecule has 5 aromatic rings. The van der Waals surface area contributed by atoms with Gasteiger partial charge in [0.15, 0.2) is 0 Å². The van der Waals surface area contributed by atoms with Gasteiger partial charge in [-0.2, -0.15) is 0 Å². The molecule has 2 aromatic heterocycles. The van der Waals surface area contributed by atoms with Gasteiger partial charge in [0.1, 0.15) is 16.2 Å². The Labute approximate surface area is 201 Å². The minimum Gasteiger partial charge on any atom is -0.394 e. The molecule has 0 saturated heterocycles. The Kier molecular flexibility index (Phi) is 4.78. The van der Waals surface area contributed by atoms with Crippen LogP contribution in [0.2, 0.25) is 0 Å². The molecule has 3 aromatic carbocycles. The monoisotopic (exact) mass is 485 g/mol. The summed E-state index contributed by atoms with van der Waals surface area (Å²) < 4.78 is 0.937. The number of fused-ring (bicyclic) bond motifs is 4. The summed E-state index contributed by atoms with van der Waals surface area (Å²) >= 11 is 1.37. The van der Waals surface area contributed by atoms with Gasteiger partial charge < -0.3 is 20.9 Å². The molecule has 3 heterocycles. The van der Waals surface area contributed by atoms with E-state index in [2.05, 4.69) is 15.3 Å². The zero-order valence-electron chi connectivity index (χ0n) is 18.4. The third-order valence-corrected chi connectivity index (χ3v) is 7.50. The molecule has 10 heteroatoms. The molecule has 4 N–H and O–H groups in total. The van der Waals surface area contributed by atoms with Crippen molar-refractivity contribution in [3.8, 4) is 0 Å². The van der Waals surface area contributed by atoms with Crippen LogP contribution in [0, 0.1) is 0 Å². The van der Waals surface area contributed by atoms with Crippen molar-refractivity contribution in [1.29, 1.82) is 0 Å². The van der Waals surface area contributed by atoms with E-state index >= 15 is 0 Å². The van der Waals surface area contributed by atoms with Gasteiger partial charge in [-0.25, -0.2) is 4.98 Å². The van der Waals surface area contributed by atoms with Crippen molar-refractivity contribution in [2.45, 2.75) is 19.5 Å². The molecule has 35 heavy (non-hydrogen) atoms. The summed E-state index contributed by atoms with van der Waals surface area (Å²) in [6, 6.07) is 13.5. The fourth-order valence-electron chi connectivity index (χ4n) is 4.63. The van der Waals surface area contributed by atoms with Gasteiger partial charge in [-0.3, -0.25) is 19.2 Å². The van der Waals surface area contributed by atoms with E-state index in [1.807, 2.05) is 47.4 Å². The lowest BCUT2D eigenvalue weighted by atomic mass is 9.96. The van der Waals surface area contributed by atoms with Crippen LogP contribution in [0.4, 0.5) is 11.4 Å². The van der Waals surface area contributed by atoms with Crippen LogP contribution in [-0.2, 0) is 19.5 Å². The fraction of sp³-hybridized carbons (Fsp3) is 0.160. The van der Waals surface area contributed by atoms with E-state index in [1.54, 1.807) is 0 Å². The molecule has 0 saturated carbocycles. The Morgan fingerprint density at radius 1 is 1.11 bits per heavy atom. The second-order valence-corrected chi connectivity index (χ2v) is 9.60. The Morgan fingerprint density at radius 2 is 1.94 bits per heavy atom. The van der Waals surface area contributed by atoms with Gasteiger partial charge in [0.25, 0.3) is 22.3 Å². The first-order valence-corrected chi connectivity index (χ1v) is 11.9. The number of aromatic amines is 1. The minimum atomic E-state index is -0.622. The first-order valence-electron chi connectivity index (χ1n) is 11.0. The summed E-state index contributed by atoms with van der Waals surface area (Å²) in [6.45, 7) is 1.31. The maximum Gasteiger partial charge on any atom is 0.287 e. The van der Waals surface area contributed by atoms with Crippen molar-refractivity contribution < 1.29 is 4.79 Å². The van der Waals surface area contributed by atoms with Crippen molar-refractivity contribution in [2.24, 2.45) is 0 Å². The second kappa shape index (κ2) is 7.88. The standard InChI is InChI=1S/C25H19N5O4S/c26-18-19(21(32)20(18)31)30-8-7-13-6-5-12(9-14(13)11-30)10-27-24(34)22-28-23(33)17-15-3-1-2-4-16(15)35-25(17)29-22/h1-6,9H,7-8,10-11,26H2,(H,27,34)(H,28,29,33). The van der Waals surface area contributed by atoms with Gasteiger partial charge in [-0.15, -0.1) is 11.3 Å². The summed E-state index contributed by atoms with van der Waals surface area (Å²) in [5, 5.41) is 4.13. The number of amides is 1. The number of anilines is 2. The molecule has 0 radical (unpaired) electrons. The van der Waals surface area contributed by atoms with Crippen LogP contribution >= 0.6 is 11.3 Å². The Balaban J connectivity index is 1.21. The summed E-state index contributed by atoms with van der Waals surface area (Å²) in [5.74, 6) is -0.508. The summed E-state index contributed by atoms with van der Waals surface area (Å²) in [6.07, 6.45) is 0.723. The van der Waals surface area contributed by atoms with Gasteiger partial charge in [0.05, 0.1) is 5.39 Å². The molecule has 0 bridgehead atoms.